The molecule has 0 bridgehead atoms. The molecule has 0 aliphatic heterocycles. The predicted molar refractivity (Wildman–Crippen MR) is 483 cm³/mol. The molecule has 0 aliphatic rings. The van der Waals surface area contributed by atoms with E-state index in [1.165, 1.54) is 183 Å². The van der Waals surface area contributed by atoms with E-state index in [1.807, 2.05) is 84.3 Å². The molecule has 0 unspecified atom stereocenters. The number of anilines is 6. The third-order valence-corrected chi connectivity index (χ3v) is 24.4. The van der Waals surface area contributed by atoms with Gasteiger partial charge in [0.25, 0.3) is 5.69 Å². The highest BCUT2D eigenvalue weighted by Crippen LogP contribution is 2.38. The molecule has 111 heavy (non-hydrogen) atoms. The number of thioether (sulfide) groups is 6. The van der Waals surface area contributed by atoms with Crippen LogP contribution in [0.3, 0.4) is 0 Å². The molecule has 0 amide bonds. The number of benzene rings is 6. The van der Waals surface area contributed by atoms with Gasteiger partial charge < -0.3 is 31.9 Å². The molecule has 0 radical (unpaired) electrons. The fraction of sp³-hybridized carbons (Fsp3) is 0.591. The molecule has 9 nitrogen and oxygen atoms in total. The second-order valence-corrected chi connectivity index (χ2v) is 36.5. The Morgan fingerprint density at radius 2 is 0.622 bits per heavy atom. The van der Waals surface area contributed by atoms with Gasteiger partial charge in [0, 0.05) is 54.6 Å². The van der Waals surface area contributed by atoms with Crippen LogP contribution >= 0.6 is 70.6 Å². The van der Waals surface area contributed by atoms with Crippen molar-refractivity contribution in [2.24, 2.45) is 0 Å². The van der Waals surface area contributed by atoms with Crippen LogP contribution in [0.5, 0.6) is 0 Å². The zero-order valence-corrected chi connectivity index (χ0v) is 74.1. The quantitative estimate of drug-likeness (QED) is 0.00716. The zero-order valence-electron chi connectivity index (χ0n) is 69.2. The Balaban J connectivity index is 0.000000667. The van der Waals surface area contributed by atoms with Gasteiger partial charge in [0.05, 0.1) is 62.7 Å². The number of hydrogen-bond acceptors (Lipinski definition) is 14. The van der Waals surface area contributed by atoms with Crippen LogP contribution in [0, 0.1) is 35.6 Å². The van der Waals surface area contributed by atoms with Gasteiger partial charge in [-0.15, -0.1) is 70.6 Å². The predicted octanol–water partition coefficient (Wildman–Crippen LogP) is 31.4. The standard InChI is InChI=1S/C16H24F3NS.C15H22F3NS.C15H24FNS.C14H22FNS.C14H22N2O2S.C14H23NS/c1-4-5-6-7-13(3)21-11-20-15-9-8-12(2)10-14(15)16(17,18)19;1-3-4-5-8-12(2)20-11-19-14-10-7-6-9-13(14)15(16,17)18;1-4-5-6-7-13(3)18-11-17-15-9-8-12(2)10-14(15)16;1-3-4-5-8-12(2)17-11-16-14-10-7-6-9-13(14)15;1-3-4-5-8-12(2)19-11-15-13-9-6-7-10-14(13)16(17)18;1-3-4-6-9-13(2)16-12-15-14-10-7-5-8-11-14/h8-10,13,20H,4-7,11H2,1-3H3;6-7,9-10,12,19H,3-5,8,11H2,1-2H3;8-10,13,17H,4-7,11H2,1-3H3;6-7,9-10,12,16H,3-5,8,11H2,1-2H3;6-7,9-10,12,15H,3-5,8,11H2,1-2H3;5,7-8,10-11,13,15H,3-4,6,9,12H2,1-2H3/t13-;12-;13-;2*12-;13-/m111111/s1. The van der Waals surface area contributed by atoms with Crippen LogP contribution in [0.25, 0.3) is 0 Å². The minimum Gasteiger partial charge on any atom is -0.376 e. The summed E-state index contributed by atoms with van der Waals surface area (Å²) in [6.45, 7) is 30.1. The number of unbranched alkanes of at least 4 members (excludes halogenated alkanes) is 12. The third kappa shape index (κ3) is 53.8. The van der Waals surface area contributed by atoms with E-state index in [-0.39, 0.29) is 33.6 Å². The summed E-state index contributed by atoms with van der Waals surface area (Å²) >= 11 is 10.9. The Morgan fingerprint density at radius 1 is 0.333 bits per heavy atom. The lowest BCUT2D eigenvalue weighted by Crippen LogP contribution is -2.12. The van der Waals surface area contributed by atoms with Crippen molar-refractivity contribution in [2.75, 3.05) is 67.2 Å². The largest absolute Gasteiger partial charge is 0.418 e. The van der Waals surface area contributed by atoms with Crippen molar-refractivity contribution in [3.63, 3.8) is 0 Å². The lowest BCUT2D eigenvalue weighted by molar-refractivity contribution is -0.383. The summed E-state index contributed by atoms with van der Waals surface area (Å²) in [5.41, 5.74) is 3.88. The summed E-state index contributed by atoms with van der Waals surface area (Å²) in [5.74, 6) is 3.93. The lowest BCUT2D eigenvalue weighted by atomic mass is 10.1. The number of rotatable bonds is 49. The number of nitro groups is 1. The van der Waals surface area contributed by atoms with E-state index in [4.69, 9.17) is 0 Å². The Hall–Kier alpha value is -4.94. The molecule has 0 spiro atoms. The Labute approximate surface area is 691 Å². The monoisotopic (exact) mass is 1670 g/mol. The van der Waals surface area contributed by atoms with Crippen LogP contribution < -0.4 is 31.9 Å². The van der Waals surface area contributed by atoms with Gasteiger partial charge in [0.2, 0.25) is 0 Å². The van der Waals surface area contributed by atoms with Gasteiger partial charge in [-0.05, 0) is 125 Å². The molecular formula is C88H137F8N7O2S6. The van der Waals surface area contributed by atoms with E-state index in [9.17, 15) is 45.2 Å². The summed E-state index contributed by atoms with van der Waals surface area (Å²) in [4.78, 5) is 10.5. The number of para-hydroxylation sites is 5. The molecule has 0 heterocycles. The van der Waals surface area contributed by atoms with Gasteiger partial charge in [-0.1, -0.05) is 271 Å². The number of alkyl halides is 6. The third-order valence-electron chi connectivity index (χ3n) is 17.7. The smallest absolute Gasteiger partial charge is 0.376 e. The molecule has 0 saturated carbocycles. The van der Waals surface area contributed by atoms with Gasteiger partial charge in [0.1, 0.15) is 17.3 Å². The van der Waals surface area contributed by atoms with Crippen LogP contribution in [-0.2, 0) is 12.4 Å². The molecule has 6 N–H and O–H groups in total. The maximum Gasteiger partial charge on any atom is 0.418 e. The fourth-order valence-corrected chi connectivity index (χ4v) is 16.0. The van der Waals surface area contributed by atoms with Crippen molar-refractivity contribution in [3.05, 3.63) is 184 Å². The molecule has 6 aromatic carbocycles. The molecule has 6 rings (SSSR count). The van der Waals surface area contributed by atoms with Crippen LogP contribution in [-0.4, -0.2) is 71.7 Å². The topological polar surface area (TPSA) is 115 Å². The summed E-state index contributed by atoms with van der Waals surface area (Å²) in [5, 5.41) is 33.0. The molecule has 6 aromatic rings. The highest BCUT2D eigenvalue weighted by molar-refractivity contribution is 8.01. The number of aryl methyl sites for hydroxylation is 2. The number of nitrogens with zero attached hydrogens (tertiary/aromatic N) is 1. The van der Waals surface area contributed by atoms with Crippen LogP contribution in [0.15, 0.2) is 140 Å². The Bertz CT molecular complexity index is 3260. The van der Waals surface area contributed by atoms with Crippen LogP contribution in [0.2, 0.25) is 0 Å². The highest BCUT2D eigenvalue weighted by atomic mass is 32.2. The van der Waals surface area contributed by atoms with E-state index in [0.717, 1.165) is 47.4 Å². The maximum atomic E-state index is 13.6. The number of hydrogen-bond donors (Lipinski definition) is 6. The highest BCUT2D eigenvalue weighted by Gasteiger charge is 2.34. The molecule has 23 heteroatoms. The molecule has 0 fully saturated rings. The number of nitro benzene ring substituents is 1. The van der Waals surface area contributed by atoms with E-state index in [2.05, 4.69) is 139 Å². The number of nitrogens with one attached hydrogen (secondary N) is 6. The minimum absolute atomic E-state index is 0.140. The Kier molecular flexibility index (Phi) is 61.2. The molecular weight excluding hydrogens is 1530 g/mol. The van der Waals surface area contributed by atoms with E-state index < -0.39 is 23.5 Å². The minimum atomic E-state index is -4.31. The van der Waals surface area contributed by atoms with Gasteiger partial charge in [0.15, 0.2) is 0 Å². The summed E-state index contributed by atoms with van der Waals surface area (Å²) in [7, 11) is 0. The molecule has 0 saturated heterocycles. The van der Waals surface area contributed by atoms with E-state index in [1.54, 1.807) is 72.9 Å². The summed E-state index contributed by atoms with van der Waals surface area (Å²) in [6, 6.07) is 39.3. The maximum absolute atomic E-state index is 13.6. The fourth-order valence-electron chi connectivity index (χ4n) is 10.8. The first kappa shape index (κ1) is 104. The van der Waals surface area contributed by atoms with E-state index >= 15 is 0 Å². The van der Waals surface area contributed by atoms with Gasteiger partial charge >= 0.3 is 12.4 Å². The van der Waals surface area contributed by atoms with Crippen molar-refractivity contribution >= 4 is 110 Å². The molecule has 0 aromatic heterocycles. The normalized spacial score (nSPS) is 12.7. The van der Waals surface area contributed by atoms with Crippen LogP contribution in [0.1, 0.15) is 259 Å². The first-order valence-electron chi connectivity index (χ1n) is 40.4. The molecule has 0 aliphatic carbocycles. The molecule has 6 atom stereocenters. The first-order chi connectivity index (χ1) is 53.1. The zero-order chi connectivity index (χ0) is 82.5. The lowest BCUT2D eigenvalue weighted by Gasteiger charge is -2.17. The summed E-state index contributed by atoms with van der Waals surface area (Å²) < 4.78 is 104. The van der Waals surface area contributed by atoms with Gasteiger partial charge in [-0.25, -0.2) is 8.78 Å². The average molecular weight is 1670 g/mol. The SMILES string of the molecule is CCCCC[C@@H](C)SCNc1ccc(C)cc1C(F)(F)F.CCCCC[C@@H](C)SCNc1ccc(C)cc1F.CCCCC[C@@H](C)SCNc1ccccc1.CCCCC[C@@H](C)SCNc1ccccc1C(F)(F)F.CCCCC[C@@H](C)SCNc1ccccc1F.CCCCC[C@@H](C)SCNc1ccccc1[N+](=O)[O-]. The second-order valence-electron chi connectivity index (χ2n) is 28.0. The van der Waals surface area contributed by atoms with Gasteiger partial charge in [-0.3, -0.25) is 10.1 Å². The first-order valence-corrected chi connectivity index (χ1v) is 46.7. The number of halogens is 8. The molecule has 628 valence electrons. The van der Waals surface area contributed by atoms with Gasteiger partial charge in [-0.2, -0.15) is 26.3 Å². The average Bonchev–Trinajstić information content (AvgIpc) is 0.832. The van der Waals surface area contributed by atoms with Crippen molar-refractivity contribution < 1.29 is 40.0 Å². The second kappa shape index (κ2) is 65.2. The van der Waals surface area contributed by atoms with Crippen molar-refractivity contribution in [2.45, 2.75) is 295 Å². The van der Waals surface area contributed by atoms with E-state index in [0.29, 0.717) is 66.5 Å². The Morgan fingerprint density at radius 3 is 0.982 bits per heavy atom. The van der Waals surface area contributed by atoms with Crippen molar-refractivity contribution in [1.29, 1.82) is 0 Å². The van der Waals surface area contributed by atoms with Crippen molar-refractivity contribution in [3.8, 4) is 0 Å². The van der Waals surface area contributed by atoms with Crippen molar-refractivity contribution in [1.82, 2.24) is 0 Å². The van der Waals surface area contributed by atoms with Crippen LogP contribution in [0.4, 0.5) is 74.9 Å². The summed E-state index contributed by atoms with van der Waals surface area (Å²) in [6.07, 6.45) is 21.4.